The molecule has 0 N–H and O–H groups in total. The van der Waals surface area contributed by atoms with E-state index in [1.165, 1.54) is 0 Å². The maximum Gasteiger partial charge on any atom is 0.254 e. The van der Waals surface area contributed by atoms with Crippen LogP contribution in [0.15, 0.2) is 42.5 Å². The third-order valence-electron chi connectivity index (χ3n) is 5.50. The van der Waals surface area contributed by atoms with Gasteiger partial charge in [-0.2, -0.15) is 0 Å². The Balaban J connectivity index is 1.43. The molecule has 0 radical (unpaired) electrons. The number of benzene rings is 2. The van der Waals surface area contributed by atoms with E-state index in [0.29, 0.717) is 46.8 Å². The molecule has 2 aromatic carbocycles. The quantitative estimate of drug-likeness (QED) is 0.700. The van der Waals surface area contributed by atoms with Gasteiger partial charge in [0.2, 0.25) is 5.91 Å². The van der Waals surface area contributed by atoms with Gasteiger partial charge < -0.3 is 9.80 Å². The Hall–Kier alpha value is -1.75. The summed E-state index contributed by atoms with van der Waals surface area (Å²) in [4.78, 5) is 29.5. The van der Waals surface area contributed by atoms with E-state index in [-0.39, 0.29) is 11.8 Å². The first-order chi connectivity index (χ1) is 13.4. The number of halogens is 3. The third kappa shape index (κ3) is 3.73. The fourth-order valence-corrected chi connectivity index (χ4v) is 4.53. The second kappa shape index (κ2) is 7.58. The molecule has 0 bridgehead atoms. The van der Waals surface area contributed by atoms with Gasteiger partial charge in [-0.3, -0.25) is 9.59 Å². The SMILES string of the molecule is O=C(c1cc(Cl)cc(Cl)c1)N1CCN(C(=O)C2(c3cccc(Cl)c3)CC2)CC1. The molecule has 4 rings (SSSR count). The van der Waals surface area contributed by atoms with Gasteiger partial charge in [-0.1, -0.05) is 46.9 Å². The zero-order valence-electron chi connectivity index (χ0n) is 15.1. The molecule has 0 unspecified atom stereocenters. The molecular formula is C21H19Cl3N2O2. The van der Waals surface area contributed by atoms with Crippen molar-refractivity contribution in [2.75, 3.05) is 26.2 Å². The molecule has 4 nitrogen and oxygen atoms in total. The summed E-state index contributed by atoms with van der Waals surface area (Å²) in [6.45, 7) is 2.00. The van der Waals surface area contributed by atoms with Crippen molar-refractivity contribution < 1.29 is 9.59 Å². The second-order valence-electron chi connectivity index (χ2n) is 7.33. The van der Waals surface area contributed by atoms with E-state index >= 15 is 0 Å². The Labute approximate surface area is 179 Å². The van der Waals surface area contributed by atoms with Crippen LogP contribution in [-0.4, -0.2) is 47.8 Å². The van der Waals surface area contributed by atoms with Gasteiger partial charge in [0.25, 0.3) is 5.91 Å². The van der Waals surface area contributed by atoms with E-state index in [2.05, 4.69) is 0 Å². The molecule has 1 heterocycles. The highest BCUT2D eigenvalue weighted by molar-refractivity contribution is 6.35. The average Bonchev–Trinajstić information content (AvgIpc) is 3.48. The van der Waals surface area contributed by atoms with E-state index in [0.717, 1.165) is 18.4 Å². The number of carbonyl (C=O) groups excluding carboxylic acids is 2. The van der Waals surface area contributed by atoms with E-state index in [4.69, 9.17) is 34.8 Å². The van der Waals surface area contributed by atoms with Crippen LogP contribution in [0.25, 0.3) is 0 Å². The molecule has 1 saturated heterocycles. The first kappa shape index (κ1) is 19.6. The minimum atomic E-state index is -0.447. The molecular weight excluding hydrogens is 419 g/mol. The monoisotopic (exact) mass is 436 g/mol. The van der Waals surface area contributed by atoms with Gasteiger partial charge in [0.15, 0.2) is 0 Å². The zero-order valence-corrected chi connectivity index (χ0v) is 17.4. The van der Waals surface area contributed by atoms with Crippen LogP contribution in [0.5, 0.6) is 0 Å². The largest absolute Gasteiger partial charge is 0.338 e. The fraction of sp³-hybridized carbons (Fsp3) is 0.333. The minimum Gasteiger partial charge on any atom is -0.338 e. The summed E-state index contributed by atoms with van der Waals surface area (Å²) in [6.07, 6.45) is 1.68. The molecule has 0 atom stereocenters. The lowest BCUT2D eigenvalue weighted by Crippen LogP contribution is -2.53. The molecule has 2 aliphatic rings. The van der Waals surface area contributed by atoms with Crippen LogP contribution >= 0.6 is 34.8 Å². The molecule has 0 aromatic heterocycles. The summed E-state index contributed by atoms with van der Waals surface area (Å²) in [7, 11) is 0. The van der Waals surface area contributed by atoms with Crippen molar-refractivity contribution in [3.05, 3.63) is 68.7 Å². The number of piperazine rings is 1. The lowest BCUT2D eigenvalue weighted by Gasteiger charge is -2.36. The maximum absolute atomic E-state index is 13.2. The van der Waals surface area contributed by atoms with Gasteiger partial charge >= 0.3 is 0 Å². The van der Waals surface area contributed by atoms with Crippen LogP contribution in [0.3, 0.4) is 0 Å². The molecule has 2 aromatic rings. The molecule has 1 saturated carbocycles. The van der Waals surface area contributed by atoms with Crippen LogP contribution in [0.2, 0.25) is 15.1 Å². The number of amides is 2. The van der Waals surface area contributed by atoms with Crippen molar-refractivity contribution in [3.63, 3.8) is 0 Å². The highest BCUT2D eigenvalue weighted by Crippen LogP contribution is 2.50. The van der Waals surface area contributed by atoms with Gasteiger partial charge in [0, 0.05) is 46.8 Å². The van der Waals surface area contributed by atoms with Gasteiger partial charge in [0.1, 0.15) is 0 Å². The smallest absolute Gasteiger partial charge is 0.254 e. The first-order valence-corrected chi connectivity index (χ1v) is 10.3. The number of hydrogen-bond donors (Lipinski definition) is 0. The van der Waals surface area contributed by atoms with Crippen molar-refractivity contribution in [2.24, 2.45) is 0 Å². The highest BCUT2D eigenvalue weighted by atomic mass is 35.5. The summed E-state index contributed by atoms with van der Waals surface area (Å²) in [5.74, 6) is 0.0140. The van der Waals surface area contributed by atoms with E-state index in [9.17, 15) is 9.59 Å². The van der Waals surface area contributed by atoms with Crippen molar-refractivity contribution in [1.29, 1.82) is 0 Å². The summed E-state index contributed by atoms with van der Waals surface area (Å²) >= 11 is 18.1. The summed E-state index contributed by atoms with van der Waals surface area (Å²) in [6, 6.07) is 12.4. The lowest BCUT2D eigenvalue weighted by molar-refractivity contribution is -0.135. The van der Waals surface area contributed by atoms with Gasteiger partial charge in [-0.05, 0) is 48.7 Å². The van der Waals surface area contributed by atoms with E-state index < -0.39 is 5.41 Å². The van der Waals surface area contributed by atoms with Crippen molar-refractivity contribution in [3.8, 4) is 0 Å². The number of carbonyl (C=O) groups is 2. The predicted molar refractivity (Wildman–Crippen MR) is 111 cm³/mol. The predicted octanol–water partition coefficient (Wildman–Crippen LogP) is 4.66. The molecule has 7 heteroatoms. The standard InChI is InChI=1S/C21H19Cl3N2O2/c22-16-3-1-2-15(12-16)21(4-5-21)20(28)26-8-6-25(7-9-26)19(27)14-10-17(23)13-18(24)11-14/h1-3,10-13H,4-9H2. The number of nitrogens with zero attached hydrogens (tertiary/aromatic N) is 2. The van der Waals surface area contributed by atoms with Crippen molar-refractivity contribution >= 4 is 46.6 Å². The van der Waals surface area contributed by atoms with Crippen molar-refractivity contribution in [1.82, 2.24) is 9.80 Å². The Morgan fingerprint density at radius 3 is 1.96 bits per heavy atom. The van der Waals surface area contributed by atoms with Gasteiger partial charge in [-0.25, -0.2) is 0 Å². The van der Waals surface area contributed by atoms with Crippen LogP contribution in [0, 0.1) is 0 Å². The molecule has 28 heavy (non-hydrogen) atoms. The van der Waals surface area contributed by atoms with E-state index in [1.54, 1.807) is 23.1 Å². The van der Waals surface area contributed by atoms with E-state index in [1.807, 2.05) is 29.2 Å². The van der Waals surface area contributed by atoms with Gasteiger partial charge in [0.05, 0.1) is 5.41 Å². The highest BCUT2D eigenvalue weighted by Gasteiger charge is 2.53. The van der Waals surface area contributed by atoms with Crippen LogP contribution in [0.4, 0.5) is 0 Å². The van der Waals surface area contributed by atoms with Gasteiger partial charge in [-0.15, -0.1) is 0 Å². The topological polar surface area (TPSA) is 40.6 Å². The number of rotatable bonds is 3. The molecule has 1 aliphatic carbocycles. The fourth-order valence-electron chi connectivity index (χ4n) is 3.81. The minimum absolute atomic E-state index is 0.118. The van der Waals surface area contributed by atoms with Crippen LogP contribution < -0.4 is 0 Å². The maximum atomic E-state index is 13.2. The third-order valence-corrected chi connectivity index (χ3v) is 6.17. The molecule has 2 amide bonds. The molecule has 146 valence electrons. The lowest BCUT2D eigenvalue weighted by atomic mass is 9.94. The zero-order chi connectivity index (χ0) is 19.9. The average molecular weight is 438 g/mol. The molecule has 2 fully saturated rings. The Morgan fingerprint density at radius 1 is 0.786 bits per heavy atom. The Kier molecular flexibility index (Phi) is 5.30. The first-order valence-electron chi connectivity index (χ1n) is 9.20. The Bertz CT molecular complexity index is 915. The normalized spacial score (nSPS) is 18.1. The molecule has 1 aliphatic heterocycles. The number of hydrogen-bond acceptors (Lipinski definition) is 2. The Morgan fingerprint density at radius 2 is 1.39 bits per heavy atom. The second-order valence-corrected chi connectivity index (χ2v) is 8.64. The van der Waals surface area contributed by atoms with Crippen molar-refractivity contribution in [2.45, 2.75) is 18.3 Å². The van der Waals surface area contributed by atoms with Crippen LogP contribution in [-0.2, 0) is 10.2 Å². The summed E-state index contributed by atoms with van der Waals surface area (Å²) < 4.78 is 0. The van der Waals surface area contributed by atoms with Crippen LogP contribution in [0.1, 0.15) is 28.8 Å². The summed E-state index contributed by atoms with van der Waals surface area (Å²) in [5, 5.41) is 1.51. The summed E-state index contributed by atoms with van der Waals surface area (Å²) in [5.41, 5.74) is 1.00. The molecule has 0 spiro atoms.